The highest BCUT2D eigenvalue weighted by molar-refractivity contribution is 7.90. The van der Waals surface area contributed by atoms with Gasteiger partial charge in [0.1, 0.15) is 5.69 Å². The maximum absolute atomic E-state index is 13.6. The molecular formula is C25H26F2N4O2S. The van der Waals surface area contributed by atoms with Crippen molar-refractivity contribution < 1.29 is 17.8 Å². The first kappa shape index (κ1) is 23.7. The summed E-state index contributed by atoms with van der Waals surface area (Å²) in [5.74, 6) is -2.62. The molecule has 2 aromatic carbocycles. The fourth-order valence-corrected chi connectivity index (χ4v) is 5.74. The van der Waals surface area contributed by atoms with Gasteiger partial charge in [-0.3, -0.25) is 9.52 Å². The predicted octanol–water partition coefficient (Wildman–Crippen LogP) is 5.32. The lowest BCUT2D eigenvalue weighted by atomic mass is 10.0. The molecule has 0 radical (unpaired) electrons. The number of hydrogen-bond acceptors (Lipinski definition) is 3. The van der Waals surface area contributed by atoms with Crippen molar-refractivity contribution in [1.29, 1.82) is 4.78 Å². The monoisotopic (exact) mass is 484 g/mol. The van der Waals surface area contributed by atoms with Crippen LogP contribution < -0.4 is 10.0 Å². The van der Waals surface area contributed by atoms with Gasteiger partial charge in [0.2, 0.25) is 0 Å². The summed E-state index contributed by atoms with van der Waals surface area (Å²) in [6.45, 7) is 1.97. The van der Waals surface area contributed by atoms with Crippen LogP contribution in [-0.4, -0.2) is 14.7 Å². The van der Waals surface area contributed by atoms with Gasteiger partial charge in [-0.15, -0.1) is 0 Å². The molecule has 1 atom stereocenters. The number of benzene rings is 2. The van der Waals surface area contributed by atoms with Gasteiger partial charge in [0.15, 0.2) is 21.5 Å². The molecule has 0 aliphatic carbocycles. The Morgan fingerprint density at radius 1 is 1.15 bits per heavy atom. The van der Waals surface area contributed by atoms with E-state index in [2.05, 4.69) is 22.2 Å². The lowest BCUT2D eigenvalue weighted by Crippen LogP contribution is -2.21. The summed E-state index contributed by atoms with van der Waals surface area (Å²) in [4.78, 5) is 13.3. The molecule has 1 aliphatic rings. The van der Waals surface area contributed by atoms with Gasteiger partial charge in [0.05, 0.1) is 4.90 Å². The highest BCUT2D eigenvalue weighted by Gasteiger charge is 2.29. The van der Waals surface area contributed by atoms with Crippen LogP contribution in [0.15, 0.2) is 70.9 Å². The molecule has 9 heteroatoms. The van der Waals surface area contributed by atoms with E-state index in [0.717, 1.165) is 36.2 Å². The maximum Gasteiger partial charge on any atom is 0.272 e. The number of amides is 1. The molecule has 0 saturated carbocycles. The summed E-state index contributed by atoms with van der Waals surface area (Å²) in [6.07, 6.45) is 4.02. The standard InChI is InChI=1S/C25H26F2N4O2S/c1-16(8-9-17-6-4-3-5-7-17)22-13-11-19-23(34(28,33)30-22)15-31(2)24(19)25(32)29-18-10-12-20(26)21(27)14-18/h3-7,10,12,14-15H,8-9,11,13H2,1-2H3,(H,29,32)(H2,28,30,33)/b22-16-. The molecule has 2 heterocycles. The Hall–Kier alpha value is -3.46. The van der Waals surface area contributed by atoms with Gasteiger partial charge in [-0.2, -0.15) is 0 Å². The number of nitrogens with zero attached hydrogens (tertiary/aromatic N) is 1. The van der Waals surface area contributed by atoms with E-state index in [0.29, 0.717) is 18.4 Å². The van der Waals surface area contributed by atoms with E-state index in [-0.39, 0.29) is 16.3 Å². The van der Waals surface area contributed by atoms with Crippen LogP contribution in [0.25, 0.3) is 0 Å². The Labute approximate surface area is 197 Å². The van der Waals surface area contributed by atoms with E-state index in [4.69, 9.17) is 4.78 Å². The minimum Gasteiger partial charge on any atom is -0.345 e. The fraction of sp³-hybridized carbons (Fsp3) is 0.240. The average Bonchev–Trinajstić information content (AvgIpc) is 3.09. The molecule has 0 fully saturated rings. The fourth-order valence-electron chi connectivity index (χ4n) is 4.16. The topological polar surface area (TPSA) is 87.0 Å². The van der Waals surface area contributed by atoms with Crippen LogP contribution in [0.1, 0.15) is 41.4 Å². The van der Waals surface area contributed by atoms with E-state index in [1.807, 2.05) is 25.1 Å². The van der Waals surface area contributed by atoms with Crippen LogP contribution in [0.4, 0.5) is 14.5 Å². The van der Waals surface area contributed by atoms with E-state index in [1.54, 1.807) is 7.05 Å². The molecule has 34 heavy (non-hydrogen) atoms. The van der Waals surface area contributed by atoms with E-state index >= 15 is 0 Å². The lowest BCUT2D eigenvalue weighted by molar-refractivity contribution is 0.101. The van der Waals surface area contributed by atoms with Crippen LogP contribution in [-0.2, 0) is 29.8 Å². The van der Waals surface area contributed by atoms with Crippen LogP contribution in [0.5, 0.6) is 0 Å². The molecule has 4 rings (SSSR count). The second-order valence-corrected chi connectivity index (χ2v) is 10.2. The summed E-state index contributed by atoms with van der Waals surface area (Å²) in [5.41, 5.74) is 3.83. The third-order valence-electron chi connectivity index (χ3n) is 5.99. The Balaban J connectivity index is 1.59. The van der Waals surface area contributed by atoms with Crippen molar-refractivity contribution in [3.05, 3.63) is 94.5 Å². The number of hydrogen-bond donors (Lipinski definition) is 3. The number of halogens is 2. The number of carbonyl (C=O) groups excluding carboxylic acids is 1. The quantitative estimate of drug-likeness (QED) is 0.458. The minimum atomic E-state index is -3.39. The molecule has 6 nitrogen and oxygen atoms in total. The van der Waals surface area contributed by atoms with Crippen molar-refractivity contribution in [3.8, 4) is 0 Å². The van der Waals surface area contributed by atoms with Crippen molar-refractivity contribution in [2.45, 2.75) is 37.5 Å². The van der Waals surface area contributed by atoms with Gasteiger partial charge in [-0.05, 0) is 50.3 Å². The van der Waals surface area contributed by atoms with Gasteiger partial charge in [-0.25, -0.2) is 17.8 Å². The first-order valence-corrected chi connectivity index (χ1v) is 12.4. The average molecular weight is 485 g/mol. The predicted molar refractivity (Wildman–Crippen MR) is 128 cm³/mol. The van der Waals surface area contributed by atoms with Crippen molar-refractivity contribution >= 4 is 21.5 Å². The summed E-state index contributed by atoms with van der Waals surface area (Å²) in [6, 6.07) is 13.2. The van der Waals surface area contributed by atoms with Crippen molar-refractivity contribution in [2.75, 3.05) is 5.32 Å². The zero-order chi connectivity index (χ0) is 24.5. The second kappa shape index (κ2) is 9.42. The number of fused-ring (bicyclic) bond motifs is 1. The summed E-state index contributed by atoms with van der Waals surface area (Å²) >= 11 is 0. The Morgan fingerprint density at radius 2 is 1.88 bits per heavy atom. The van der Waals surface area contributed by atoms with Gasteiger partial charge in [0, 0.05) is 36.3 Å². The molecule has 178 valence electrons. The molecule has 0 saturated heterocycles. The summed E-state index contributed by atoms with van der Waals surface area (Å²) < 4.78 is 53.1. The normalized spacial score (nSPS) is 19.1. The Kier molecular flexibility index (Phi) is 6.56. The van der Waals surface area contributed by atoms with Crippen LogP contribution in [0.2, 0.25) is 0 Å². The minimum absolute atomic E-state index is 0.106. The number of nitrogens with one attached hydrogen (secondary N) is 3. The molecule has 0 bridgehead atoms. The number of allylic oxidation sites excluding steroid dienone is 2. The van der Waals surface area contributed by atoms with Crippen molar-refractivity contribution in [1.82, 2.24) is 9.29 Å². The number of aryl methyl sites for hydroxylation is 2. The number of carbonyl (C=O) groups is 1. The SMILES string of the molecule is C/C(CCc1ccccc1)=C1\CCc2c(cn(C)c2C(=O)Nc2ccc(F)c(F)c2)S(=N)(=O)N1. The molecule has 3 aromatic rings. The first-order valence-electron chi connectivity index (χ1n) is 10.9. The van der Waals surface area contributed by atoms with Gasteiger partial charge in [0.25, 0.3) is 5.91 Å². The lowest BCUT2D eigenvalue weighted by Gasteiger charge is -2.14. The zero-order valence-electron chi connectivity index (χ0n) is 19.0. The Morgan fingerprint density at radius 3 is 2.59 bits per heavy atom. The molecule has 1 unspecified atom stereocenters. The number of anilines is 1. The molecule has 1 aliphatic heterocycles. The number of rotatable bonds is 5. The largest absolute Gasteiger partial charge is 0.345 e. The van der Waals surface area contributed by atoms with Crippen LogP contribution in [0.3, 0.4) is 0 Å². The van der Waals surface area contributed by atoms with E-state index in [9.17, 15) is 17.8 Å². The highest BCUT2D eigenvalue weighted by atomic mass is 32.2. The summed E-state index contributed by atoms with van der Waals surface area (Å²) in [5, 5.41) is 2.57. The zero-order valence-corrected chi connectivity index (χ0v) is 19.8. The van der Waals surface area contributed by atoms with Crippen molar-refractivity contribution in [3.63, 3.8) is 0 Å². The molecule has 3 N–H and O–H groups in total. The van der Waals surface area contributed by atoms with Gasteiger partial charge >= 0.3 is 0 Å². The molecular weight excluding hydrogens is 458 g/mol. The first-order chi connectivity index (χ1) is 16.2. The molecule has 1 amide bonds. The van der Waals surface area contributed by atoms with E-state index in [1.165, 1.54) is 22.4 Å². The third-order valence-corrected chi connectivity index (χ3v) is 7.49. The third kappa shape index (κ3) is 4.89. The van der Waals surface area contributed by atoms with Crippen molar-refractivity contribution in [2.24, 2.45) is 7.05 Å². The molecule has 0 spiro atoms. The second-order valence-electron chi connectivity index (χ2n) is 8.42. The smallest absolute Gasteiger partial charge is 0.272 e. The highest BCUT2D eigenvalue weighted by Crippen LogP contribution is 2.30. The maximum atomic E-state index is 13.6. The Bertz CT molecular complexity index is 1380. The molecule has 1 aromatic heterocycles. The summed E-state index contributed by atoms with van der Waals surface area (Å²) in [7, 11) is -1.76. The van der Waals surface area contributed by atoms with Gasteiger partial charge < -0.3 is 9.88 Å². The van der Waals surface area contributed by atoms with Crippen LogP contribution in [0, 0.1) is 16.4 Å². The van der Waals surface area contributed by atoms with Gasteiger partial charge in [-0.1, -0.05) is 35.9 Å². The van der Waals surface area contributed by atoms with Crippen LogP contribution >= 0.6 is 0 Å². The number of aromatic nitrogens is 1. The van der Waals surface area contributed by atoms with E-state index < -0.39 is 27.5 Å².